The Balaban J connectivity index is 2.65. The lowest BCUT2D eigenvalue weighted by Crippen LogP contribution is -2.22. The molecule has 5 nitrogen and oxygen atoms in total. The van der Waals surface area contributed by atoms with Crippen LogP contribution in [0.4, 0.5) is 0 Å². The second kappa shape index (κ2) is 5.36. The molecule has 0 aliphatic carbocycles. The van der Waals surface area contributed by atoms with Crippen molar-refractivity contribution in [1.29, 1.82) is 5.26 Å². The molecule has 0 bridgehead atoms. The van der Waals surface area contributed by atoms with Gasteiger partial charge in [0.05, 0.1) is 18.2 Å². The van der Waals surface area contributed by atoms with Crippen molar-refractivity contribution in [3.8, 4) is 17.5 Å². The standard InChI is InChI=1S/C14H13N3O2/c1-2-10-5-3-4-6-12(10)17-14(19)9-13(18)11(16-17)7-8-15/h3-6,9,18H,2,7H2,1H3. The fourth-order valence-electron chi connectivity index (χ4n) is 1.87. The number of aromatic nitrogens is 2. The molecule has 2 rings (SSSR count). The van der Waals surface area contributed by atoms with Crippen molar-refractivity contribution in [3.05, 3.63) is 51.9 Å². The van der Waals surface area contributed by atoms with E-state index in [4.69, 9.17) is 5.26 Å². The Morgan fingerprint density at radius 1 is 1.42 bits per heavy atom. The first kappa shape index (κ1) is 12.8. The minimum absolute atomic E-state index is 0.0413. The number of rotatable bonds is 3. The van der Waals surface area contributed by atoms with Crippen molar-refractivity contribution < 1.29 is 5.11 Å². The van der Waals surface area contributed by atoms with Gasteiger partial charge >= 0.3 is 0 Å². The third-order valence-corrected chi connectivity index (χ3v) is 2.83. The Kier molecular flexibility index (Phi) is 3.62. The topological polar surface area (TPSA) is 78.9 Å². The summed E-state index contributed by atoms with van der Waals surface area (Å²) in [7, 11) is 0. The predicted octanol–water partition coefficient (Wildman–Crippen LogP) is 1.57. The molecular formula is C14H13N3O2. The van der Waals surface area contributed by atoms with Crippen LogP contribution in [0, 0.1) is 11.3 Å². The van der Waals surface area contributed by atoms with E-state index < -0.39 is 5.56 Å². The van der Waals surface area contributed by atoms with Gasteiger partial charge in [-0.15, -0.1) is 0 Å². The van der Waals surface area contributed by atoms with Gasteiger partial charge in [0, 0.05) is 6.07 Å². The lowest BCUT2D eigenvalue weighted by atomic mass is 10.1. The van der Waals surface area contributed by atoms with Crippen LogP contribution in [0.1, 0.15) is 18.2 Å². The Labute approximate surface area is 110 Å². The highest BCUT2D eigenvalue weighted by Crippen LogP contribution is 2.16. The van der Waals surface area contributed by atoms with Crippen LogP contribution in [-0.2, 0) is 12.8 Å². The molecule has 0 unspecified atom stereocenters. The average Bonchev–Trinajstić information content (AvgIpc) is 2.42. The zero-order valence-corrected chi connectivity index (χ0v) is 10.5. The van der Waals surface area contributed by atoms with E-state index in [9.17, 15) is 9.90 Å². The van der Waals surface area contributed by atoms with Gasteiger partial charge in [0.15, 0.2) is 0 Å². The molecule has 1 aromatic carbocycles. The van der Waals surface area contributed by atoms with E-state index >= 15 is 0 Å². The Hall–Kier alpha value is -2.61. The van der Waals surface area contributed by atoms with Crippen LogP contribution >= 0.6 is 0 Å². The molecule has 0 aliphatic heterocycles. The average molecular weight is 255 g/mol. The van der Waals surface area contributed by atoms with Crippen LogP contribution in [0.15, 0.2) is 35.1 Å². The van der Waals surface area contributed by atoms with Crippen molar-refractivity contribution in [3.63, 3.8) is 0 Å². The minimum Gasteiger partial charge on any atom is -0.506 e. The lowest BCUT2D eigenvalue weighted by molar-refractivity contribution is 0.459. The molecule has 1 aromatic heterocycles. The molecule has 1 heterocycles. The highest BCUT2D eigenvalue weighted by atomic mass is 16.3. The van der Waals surface area contributed by atoms with E-state index in [1.807, 2.05) is 31.2 Å². The SMILES string of the molecule is CCc1ccccc1-n1nc(CC#N)c(O)cc1=O. The Morgan fingerprint density at radius 3 is 2.84 bits per heavy atom. The van der Waals surface area contributed by atoms with Crippen LogP contribution in [0.2, 0.25) is 0 Å². The molecule has 0 spiro atoms. The van der Waals surface area contributed by atoms with Gasteiger partial charge in [-0.1, -0.05) is 25.1 Å². The van der Waals surface area contributed by atoms with Crippen molar-refractivity contribution in [2.75, 3.05) is 0 Å². The first-order valence-electron chi connectivity index (χ1n) is 5.94. The third kappa shape index (κ3) is 2.47. The van der Waals surface area contributed by atoms with E-state index in [0.717, 1.165) is 18.1 Å². The molecule has 0 saturated carbocycles. The van der Waals surface area contributed by atoms with Crippen LogP contribution in [0.25, 0.3) is 5.69 Å². The number of nitriles is 1. The molecule has 0 atom stereocenters. The van der Waals surface area contributed by atoms with Crippen LogP contribution in [-0.4, -0.2) is 14.9 Å². The van der Waals surface area contributed by atoms with Gasteiger partial charge < -0.3 is 5.11 Å². The normalized spacial score (nSPS) is 10.1. The van der Waals surface area contributed by atoms with Crippen molar-refractivity contribution in [2.24, 2.45) is 0 Å². The quantitative estimate of drug-likeness (QED) is 0.902. The van der Waals surface area contributed by atoms with E-state index in [-0.39, 0.29) is 17.9 Å². The summed E-state index contributed by atoms with van der Waals surface area (Å²) in [5.41, 5.74) is 1.44. The molecule has 0 radical (unpaired) electrons. The first-order chi connectivity index (χ1) is 9.17. The second-order valence-corrected chi connectivity index (χ2v) is 4.04. The monoisotopic (exact) mass is 255 g/mol. The number of hydrogen-bond acceptors (Lipinski definition) is 4. The van der Waals surface area contributed by atoms with Gasteiger partial charge in [0.25, 0.3) is 5.56 Å². The number of aromatic hydroxyl groups is 1. The molecule has 0 aliphatic rings. The summed E-state index contributed by atoms with van der Waals surface area (Å²) in [5, 5.41) is 22.4. The molecule has 96 valence electrons. The first-order valence-corrected chi connectivity index (χ1v) is 5.94. The highest BCUT2D eigenvalue weighted by Gasteiger charge is 2.11. The second-order valence-electron chi connectivity index (χ2n) is 4.04. The van der Waals surface area contributed by atoms with E-state index in [0.29, 0.717) is 5.69 Å². The third-order valence-electron chi connectivity index (χ3n) is 2.83. The minimum atomic E-state index is -0.417. The van der Waals surface area contributed by atoms with Crippen LogP contribution in [0.3, 0.4) is 0 Å². The maximum atomic E-state index is 11.9. The summed E-state index contributed by atoms with van der Waals surface area (Å²) in [6, 6.07) is 10.4. The van der Waals surface area contributed by atoms with Crippen molar-refractivity contribution >= 4 is 0 Å². The number of benzene rings is 1. The van der Waals surface area contributed by atoms with Gasteiger partial charge in [-0.05, 0) is 18.1 Å². The number of hydrogen-bond donors (Lipinski definition) is 1. The summed E-state index contributed by atoms with van der Waals surface area (Å²) < 4.78 is 1.23. The molecule has 0 fully saturated rings. The lowest BCUT2D eigenvalue weighted by Gasteiger charge is -2.10. The summed E-state index contributed by atoms with van der Waals surface area (Å²) in [6.45, 7) is 1.99. The fourth-order valence-corrected chi connectivity index (χ4v) is 1.87. The maximum Gasteiger partial charge on any atom is 0.275 e. The molecule has 0 saturated heterocycles. The fraction of sp³-hybridized carbons (Fsp3) is 0.214. The van der Waals surface area contributed by atoms with Gasteiger partial charge in [-0.3, -0.25) is 4.79 Å². The number of para-hydroxylation sites is 1. The van der Waals surface area contributed by atoms with Crippen molar-refractivity contribution in [2.45, 2.75) is 19.8 Å². The largest absolute Gasteiger partial charge is 0.506 e. The van der Waals surface area contributed by atoms with E-state index in [2.05, 4.69) is 5.10 Å². The smallest absolute Gasteiger partial charge is 0.275 e. The van der Waals surface area contributed by atoms with Gasteiger partial charge in [0.1, 0.15) is 11.4 Å². The molecule has 0 amide bonds. The summed E-state index contributed by atoms with van der Waals surface area (Å²) in [6.07, 6.45) is 0.721. The molecule has 2 aromatic rings. The zero-order chi connectivity index (χ0) is 13.8. The van der Waals surface area contributed by atoms with Gasteiger partial charge in [0.2, 0.25) is 0 Å². The Bertz CT molecular complexity index is 699. The molecule has 1 N–H and O–H groups in total. The highest BCUT2D eigenvalue weighted by molar-refractivity contribution is 5.41. The molecular weight excluding hydrogens is 242 g/mol. The number of aryl methyl sites for hydroxylation is 1. The number of nitrogens with zero attached hydrogens (tertiary/aromatic N) is 3. The van der Waals surface area contributed by atoms with E-state index in [1.165, 1.54) is 4.68 Å². The van der Waals surface area contributed by atoms with E-state index in [1.54, 1.807) is 6.07 Å². The Morgan fingerprint density at radius 2 is 2.16 bits per heavy atom. The summed E-state index contributed by atoms with van der Waals surface area (Å²) >= 11 is 0. The van der Waals surface area contributed by atoms with Gasteiger partial charge in [-0.2, -0.15) is 15.0 Å². The summed E-state index contributed by atoms with van der Waals surface area (Å²) in [4.78, 5) is 11.9. The summed E-state index contributed by atoms with van der Waals surface area (Å²) in [5.74, 6) is -0.239. The molecule has 19 heavy (non-hydrogen) atoms. The van der Waals surface area contributed by atoms with Gasteiger partial charge in [-0.25, -0.2) is 0 Å². The zero-order valence-electron chi connectivity index (χ0n) is 10.5. The van der Waals surface area contributed by atoms with Crippen LogP contribution < -0.4 is 5.56 Å². The predicted molar refractivity (Wildman–Crippen MR) is 70.2 cm³/mol. The maximum absolute atomic E-state index is 11.9. The van der Waals surface area contributed by atoms with Crippen molar-refractivity contribution in [1.82, 2.24) is 9.78 Å². The van der Waals surface area contributed by atoms with Crippen LogP contribution in [0.5, 0.6) is 5.75 Å². The molecule has 5 heteroatoms.